The van der Waals surface area contributed by atoms with Crippen LogP contribution in [0, 0.1) is 5.41 Å². The van der Waals surface area contributed by atoms with E-state index in [1.807, 2.05) is 23.1 Å². The smallest absolute Gasteiger partial charge is 0.231 e. The molecular weight excluding hydrogens is 248 g/mol. The molecule has 0 N–H and O–H groups in total. The number of fused-ring (bicyclic) bond motifs is 2. The Morgan fingerprint density at radius 2 is 1.80 bits per heavy atom. The molecule has 3 heteroatoms. The average molecular weight is 270 g/mol. The molecular formula is C17H22N2O. The molecule has 20 heavy (non-hydrogen) atoms. The van der Waals surface area contributed by atoms with Crippen LogP contribution >= 0.6 is 0 Å². The summed E-state index contributed by atoms with van der Waals surface area (Å²) in [4.78, 5) is 17.2. The highest BCUT2D eigenvalue weighted by Crippen LogP contribution is 2.50. The number of carbonyl (C=O) groups excluding carboxylic acids is 1. The molecule has 3 aliphatic rings. The molecule has 2 atom stereocenters. The predicted molar refractivity (Wildman–Crippen MR) is 78.1 cm³/mol. The van der Waals surface area contributed by atoms with Gasteiger partial charge in [-0.2, -0.15) is 0 Å². The average Bonchev–Trinajstić information content (AvgIpc) is 2.70. The van der Waals surface area contributed by atoms with E-state index in [9.17, 15) is 4.79 Å². The zero-order valence-corrected chi connectivity index (χ0v) is 12.1. The third-order valence-corrected chi connectivity index (χ3v) is 5.69. The van der Waals surface area contributed by atoms with E-state index in [0.717, 1.165) is 25.9 Å². The first kappa shape index (κ1) is 12.4. The minimum absolute atomic E-state index is 0.00682. The maximum atomic E-state index is 12.7. The zero-order chi connectivity index (χ0) is 13.7. The SMILES string of the molecule is CN1C2CCC1CC1(C2)CN(Cc2ccccc2)C1=O. The van der Waals surface area contributed by atoms with Crippen LogP contribution in [0.15, 0.2) is 30.3 Å². The van der Waals surface area contributed by atoms with Crippen LogP contribution in [0.1, 0.15) is 31.2 Å². The van der Waals surface area contributed by atoms with Gasteiger partial charge in [0.2, 0.25) is 5.91 Å². The lowest BCUT2D eigenvalue weighted by molar-refractivity contribution is -0.169. The van der Waals surface area contributed by atoms with Crippen molar-refractivity contribution in [2.24, 2.45) is 5.41 Å². The summed E-state index contributed by atoms with van der Waals surface area (Å²) in [5, 5.41) is 0. The number of hydrogen-bond donors (Lipinski definition) is 0. The van der Waals surface area contributed by atoms with Crippen LogP contribution < -0.4 is 0 Å². The fourth-order valence-electron chi connectivity index (χ4n) is 4.55. The van der Waals surface area contributed by atoms with Gasteiger partial charge in [0.25, 0.3) is 0 Å². The maximum Gasteiger partial charge on any atom is 0.231 e. The number of nitrogens with zero attached hydrogens (tertiary/aromatic N) is 2. The van der Waals surface area contributed by atoms with E-state index >= 15 is 0 Å². The first-order chi connectivity index (χ1) is 9.68. The van der Waals surface area contributed by atoms with Crippen LogP contribution in [0.2, 0.25) is 0 Å². The topological polar surface area (TPSA) is 23.6 Å². The van der Waals surface area contributed by atoms with Crippen molar-refractivity contribution in [3.05, 3.63) is 35.9 Å². The molecule has 1 aromatic carbocycles. The fourth-order valence-corrected chi connectivity index (χ4v) is 4.55. The van der Waals surface area contributed by atoms with E-state index in [-0.39, 0.29) is 5.41 Å². The summed E-state index contributed by atoms with van der Waals surface area (Å²) < 4.78 is 0. The van der Waals surface area contributed by atoms with Crippen molar-refractivity contribution in [1.29, 1.82) is 0 Å². The van der Waals surface area contributed by atoms with Gasteiger partial charge in [0.15, 0.2) is 0 Å². The van der Waals surface area contributed by atoms with Crippen LogP contribution in [0.25, 0.3) is 0 Å². The zero-order valence-electron chi connectivity index (χ0n) is 12.1. The first-order valence-corrected chi connectivity index (χ1v) is 7.73. The summed E-state index contributed by atoms with van der Waals surface area (Å²) in [6, 6.07) is 11.6. The molecule has 2 bridgehead atoms. The van der Waals surface area contributed by atoms with Crippen LogP contribution in [-0.4, -0.2) is 41.4 Å². The number of carbonyl (C=O) groups is 1. The standard InChI is InChI=1S/C17H22N2O/c1-18-14-7-8-15(18)10-17(9-14)12-19(16(17)20)11-13-5-3-2-4-6-13/h2-6,14-15H,7-12H2,1H3. The van der Waals surface area contributed by atoms with E-state index in [0.29, 0.717) is 18.0 Å². The second kappa shape index (κ2) is 4.32. The molecule has 0 aliphatic carbocycles. The lowest BCUT2D eigenvalue weighted by atomic mass is 9.68. The summed E-state index contributed by atoms with van der Waals surface area (Å²) in [6.45, 7) is 1.76. The van der Waals surface area contributed by atoms with E-state index < -0.39 is 0 Å². The van der Waals surface area contributed by atoms with Gasteiger partial charge in [-0.1, -0.05) is 30.3 Å². The number of β-lactam (4-membered cyclic amide) rings is 1. The van der Waals surface area contributed by atoms with E-state index in [4.69, 9.17) is 0 Å². The molecule has 1 aromatic rings. The summed E-state index contributed by atoms with van der Waals surface area (Å²) in [5.74, 6) is 0.409. The highest BCUT2D eigenvalue weighted by Gasteiger charge is 2.58. The van der Waals surface area contributed by atoms with E-state index in [1.165, 1.54) is 18.4 Å². The van der Waals surface area contributed by atoms with Crippen LogP contribution in [0.5, 0.6) is 0 Å². The molecule has 1 spiro atoms. The summed E-state index contributed by atoms with van der Waals surface area (Å²) in [6.07, 6.45) is 4.75. The Labute approximate surface area is 120 Å². The molecule has 4 rings (SSSR count). The normalized spacial score (nSPS) is 36.5. The van der Waals surface area contributed by atoms with Crippen molar-refractivity contribution >= 4 is 5.91 Å². The third kappa shape index (κ3) is 1.72. The lowest BCUT2D eigenvalue weighted by Gasteiger charge is -2.54. The molecule has 3 heterocycles. The molecule has 0 saturated carbocycles. The van der Waals surface area contributed by atoms with Crippen molar-refractivity contribution < 1.29 is 4.79 Å². The third-order valence-electron chi connectivity index (χ3n) is 5.69. The Bertz CT molecular complexity index is 513. The minimum atomic E-state index is -0.00682. The Hall–Kier alpha value is -1.35. The number of likely N-dealkylation sites (tertiary alicyclic amines) is 1. The van der Waals surface area contributed by atoms with Crippen molar-refractivity contribution in [2.75, 3.05) is 13.6 Å². The van der Waals surface area contributed by atoms with Crippen molar-refractivity contribution in [3.8, 4) is 0 Å². The lowest BCUT2D eigenvalue weighted by Crippen LogP contribution is -2.65. The molecule has 1 amide bonds. The van der Waals surface area contributed by atoms with Crippen molar-refractivity contribution in [3.63, 3.8) is 0 Å². The van der Waals surface area contributed by atoms with Crippen molar-refractivity contribution in [1.82, 2.24) is 9.80 Å². The monoisotopic (exact) mass is 270 g/mol. The molecule has 106 valence electrons. The van der Waals surface area contributed by atoms with Gasteiger partial charge in [0, 0.05) is 25.2 Å². The molecule has 2 unspecified atom stereocenters. The Kier molecular flexibility index (Phi) is 2.68. The van der Waals surface area contributed by atoms with Gasteiger partial charge in [-0.25, -0.2) is 0 Å². The second-order valence-corrected chi connectivity index (χ2v) is 6.89. The van der Waals surface area contributed by atoms with Gasteiger partial charge < -0.3 is 9.80 Å². The summed E-state index contributed by atoms with van der Waals surface area (Å²) in [7, 11) is 2.24. The Morgan fingerprint density at radius 1 is 1.15 bits per heavy atom. The number of benzene rings is 1. The van der Waals surface area contributed by atoms with Crippen LogP contribution in [0.4, 0.5) is 0 Å². The van der Waals surface area contributed by atoms with E-state index in [1.54, 1.807) is 0 Å². The Balaban J connectivity index is 1.46. The van der Waals surface area contributed by atoms with Gasteiger partial charge >= 0.3 is 0 Å². The highest BCUT2D eigenvalue weighted by molar-refractivity contribution is 5.89. The Morgan fingerprint density at radius 3 is 2.40 bits per heavy atom. The molecule has 3 nitrogen and oxygen atoms in total. The van der Waals surface area contributed by atoms with Gasteiger partial charge in [0.1, 0.15) is 0 Å². The molecule has 3 fully saturated rings. The van der Waals surface area contributed by atoms with Crippen molar-refractivity contribution in [2.45, 2.75) is 44.3 Å². The predicted octanol–water partition coefficient (Wildman–Crippen LogP) is 2.27. The summed E-state index contributed by atoms with van der Waals surface area (Å²) >= 11 is 0. The largest absolute Gasteiger partial charge is 0.337 e. The highest BCUT2D eigenvalue weighted by atomic mass is 16.2. The van der Waals surface area contributed by atoms with Gasteiger partial charge in [0.05, 0.1) is 5.41 Å². The fraction of sp³-hybridized carbons (Fsp3) is 0.588. The quantitative estimate of drug-likeness (QED) is 0.770. The van der Waals surface area contributed by atoms with Gasteiger partial charge in [-0.3, -0.25) is 4.79 Å². The van der Waals surface area contributed by atoms with Gasteiger partial charge in [-0.15, -0.1) is 0 Å². The number of rotatable bonds is 2. The minimum Gasteiger partial charge on any atom is -0.337 e. The molecule has 0 radical (unpaired) electrons. The maximum absolute atomic E-state index is 12.7. The second-order valence-electron chi connectivity index (χ2n) is 6.89. The van der Waals surface area contributed by atoms with Crippen LogP contribution in [0.3, 0.4) is 0 Å². The number of hydrogen-bond acceptors (Lipinski definition) is 2. The molecule has 3 saturated heterocycles. The van der Waals surface area contributed by atoms with Gasteiger partial charge in [-0.05, 0) is 38.3 Å². The van der Waals surface area contributed by atoms with Crippen LogP contribution in [-0.2, 0) is 11.3 Å². The summed E-state index contributed by atoms with van der Waals surface area (Å²) in [5.41, 5.74) is 1.24. The number of piperidine rings is 1. The molecule has 3 aliphatic heterocycles. The number of amides is 1. The van der Waals surface area contributed by atoms with E-state index in [2.05, 4.69) is 24.1 Å². The first-order valence-electron chi connectivity index (χ1n) is 7.73. The molecule has 0 aromatic heterocycles.